The molecule has 3 aromatic rings. The van der Waals surface area contributed by atoms with E-state index in [-0.39, 0.29) is 0 Å². The maximum atomic E-state index is 5.51. The predicted molar refractivity (Wildman–Crippen MR) is 108 cm³/mol. The molecule has 0 amide bonds. The Balaban J connectivity index is 1.49. The van der Waals surface area contributed by atoms with Crippen LogP contribution in [0.1, 0.15) is 12.2 Å². The molecule has 146 valence electrons. The molecule has 0 spiro atoms. The fourth-order valence-electron chi connectivity index (χ4n) is 3.37. The molecular formula is C21H25N5O2. The summed E-state index contributed by atoms with van der Waals surface area (Å²) in [5.74, 6) is 1.47. The molecule has 0 saturated carbocycles. The molecule has 1 saturated heterocycles. The summed E-state index contributed by atoms with van der Waals surface area (Å²) in [5.41, 5.74) is 3.84. The summed E-state index contributed by atoms with van der Waals surface area (Å²) in [6.07, 6.45) is 8.15. The number of rotatable bonds is 7. The van der Waals surface area contributed by atoms with Crippen molar-refractivity contribution in [1.82, 2.24) is 19.9 Å². The molecule has 7 heteroatoms. The van der Waals surface area contributed by atoms with Crippen molar-refractivity contribution in [3.63, 3.8) is 0 Å². The molecule has 0 aromatic carbocycles. The van der Waals surface area contributed by atoms with Crippen molar-refractivity contribution in [2.24, 2.45) is 0 Å². The Kier molecular flexibility index (Phi) is 5.94. The van der Waals surface area contributed by atoms with Crippen LogP contribution in [0.4, 0.5) is 5.95 Å². The van der Waals surface area contributed by atoms with E-state index in [4.69, 9.17) is 14.1 Å². The van der Waals surface area contributed by atoms with Crippen LogP contribution in [-0.2, 0) is 4.74 Å². The molecule has 28 heavy (non-hydrogen) atoms. The predicted octanol–water partition coefficient (Wildman–Crippen LogP) is 3.24. The number of hydrogen-bond donors (Lipinski definition) is 1. The molecule has 3 aromatic heterocycles. The highest BCUT2D eigenvalue weighted by atomic mass is 16.5. The van der Waals surface area contributed by atoms with E-state index >= 15 is 0 Å². The van der Waals surface area contributed by atoms with Gasteiger partial charge in [0.05, 0.1) is 25.2 Å². The molecule has 0 atom stereocenters. The van der Waals surface area contributed by atoms with Crippen LogP contribution in [0.15, 0.2) is 47.5 Å². The first-order valence-corrected chi connectivity index (χ1v) is 9.67. The van der Waals surface area contributed by atoms with Crippen LogP contribution in [0.3, 0.4) is 0 Å². The minimum Gasteiger partial charge on any atom is -0.469 e. The van der Waals surface area contributed by atoms with E-state index in [0.717, 1.165) is 74.0 Å². The molecule has 7 nitrogen and oxygen atoms in total. The zero-order chi connectivity index (χ0) is 19.2. The molecule has 4 rings (SSSR count). The van der Waals surface area contributed by atoms with Crippen molar-refractivity contribution in [2.45, 2.75) is 13.3 Å². The SMILES string of the molecule is Cc1occc1-c1nc(NCCCN2CCOCC2)ncc1-c1ccncc1. The van der Waals surface area contributed by atoms with E-state index < -0.39 is 0 Å². The molecule has 4 heterocycles. The number of aromatic nitrogens is 3. The van der Waals surface area contributed by atoms with Gasteiger partial charge in [-0.25, -0.2) is 9.97 Å². The summed E-state index contributed by atoms with van der Waals surface area (Å²) in [4.78, 5) is 15.9. The summed E-state index contributed by atoms with van der Waals surface area (Å²) in [7, 11) is 0. The maximum Gasteiger partial charge on any atom is 0.223 e. The summed E-state index contributed by atoms with van der Waals surface area (Å²) in [6.45, 7) is 7.53. The van der Waals surface area contributed by atoms with Crippen LogP contribution in [0.2, 0.25) is 0 Å². The van der Waals surface area contributed by atoms with E-state index in [2.05, 4.69) is 20.2 Å². The number of aryl methyl sites for hydroxylation is 1. The second kappa shape index (κ2) is 8.95. The lowest BCUT2D eigenvalue weighted by Gasteiger charge is -2.26. The molecule has 0 unspecified atom stereocenters. The summed E-state index contributed by atoms with van der Waals surface area (Å²) in [5, 5.41) is 3.36. The highest BCUT2D eigenvalue weighted by molar-refractivity contribution is 5.81. The fraction of sp³-hybridized carbons (Fsp3) is 0.381. The van der Waals surface area contributed by atoms with E-state index in [1.807, 2.05) is 31.3 Å². The number of ether oxygens (including phenoxy) is 1. The second-order valence-corrected chi connectivity index (χ2v) is 6.82. The van der Waals surface area contributed by atoms with E-state index in [1.165, 1.54) is 0 Å². The minimum atomic E-state index is 0.635. The molecule has 0 bridgehead atoms. The Labute approximate surface area is 164 Å². The van der Waals surface area contributed by atoms with Crippen LogP contribution in [0.5, 0.6) is 0 Å². The highest BCUT2D eigenvalue weighted by Gasteiger charge is 2.15. The topological polar surface area (TPSA) is 76.3 Å². The molecular weight excluding hydrogens is 354 g/mol. The number of morpholine rings is 1. The fourth-order valence-corrected chi connectivity index (χ4v) is 3.37. The van der Waals surface area contributed by atoms with Crippen LogP contribution >= 0.6 is 0 Å². The number of pyridine rings is 1. The van der Waals surface area contributed by atoms with E-state index in [1.54, 1.807) is 18.7 Å². The van der Waals surface area contributed by atoms with Gasteiger partial charge >= 0.3 is 0 Å². The van der Waals surface area contributed by atoms with Gasteiger partial charge in [-0.2, -0.15) is 0 Å². The third-order valence-electron chi connectivity index (χ3n) is 4.93. The van der Waals surface area contributed by atoms with Crippen molar-refractivity contribution in [3.05, 3.63) is 48.8 Å². The van der Waals surface area contributed by atoms with Gasteiger partial charge in [0, 0.05) is 49.4 Å². The zero-order valence-electron chi connectivity index (χ0n) is 16.1. The van der Waals surface area contributed by atoms with Gasteiger partial charge < -0.3 is 14.5 Å². The number of hydrogen-bond acceptors (Lipinski definition) is 7. The molecule has 1 aliphatic rings. The van der Waals surface area contributed by atoms with E-state index in [0.29, 0.717) is 5.95 Å². The van der Waals surface area contributed by atoms with Gasteiger partial charge in [-0.3, -0.25) is 9.88 Å². The largest absolute Gasteiger partial charge is 0.469 e. The van der Waals surface area contributed by atoms with Gasteiger partial charge in [-0.1, -0.05) is 0 Å². The summed E-state index contributed by atoms with van der Waals surface area (Å²) in [6, 6.07) is 5.88. The molecule has 0 aliphatic carbocycles. The van der Waals surface area contributed by atoms with Crippen LogP contribution < -0.4 is 5.32 Å². The van der Waals surface area contributed by atoms with Crippen molar-refractivity contribution in [3.8, 4) is 22.4 Å². The Morgan fingerprint density at radius 3 is 2.68 bits per heavy atom. The number of nitrogens with one attached hydrogen (secondary N) is 1. The standard InChI is InChI=1S/C21H25N5O2/c1-16-18(5-12-28-16)20-19(17-3-7-22-8-4-17)15-24-21(25-20)23-6-2-9-26-10-13-27-14-11-26/h3-5,7-8,12,15H,2,6,9-11,13-14H2,1H3,(H,23,24,25). The first-order chi connectivity index (χ1) is 13.8. The zero-order valence-corrected chi connectivity index (χ0v) is 16.1. The number of furan rings is 1. The lowest BCUT2D eigenvalue weighted by molar-refractivity contribution is 0.0378. The Hall–Kier alpha value is -2.77. The van der Waals surface area contributed by atoms with Crippen LogP contribution in [-0.4, -0.2) is 59.2 Å². The van der Waals surface area contributed by atoms with Gasteiger partial charge in [0.15, 0.2) is 0 Å². The van der Waals surface area contributed by atoms with Crippen LogP contribution in [0.25, 0.3) is 22.4 Å². The van der Waals surface area contributed by atoms with Gasteiger partial charge in [0.2, 0.25) is 5.95 Å². The normalized spacial score (nSPS) is 14.9. The van der Waals surface area contributed by atoms with E-state index in [9.17, 15) is 0 Å². The first-order valence-electron chi connectivity index (χ1n) is 9.67. The van der Waals surface area contributed by atoms with Crippen molar-refractivity contribution >= 4 is 5.95 Å². The Morgan fingerprint density at radius 1 is 1.11 bits per heavy atom. The number of nitrogens with zero attached hydrogens (tertiary/aromatic N) is 4. The van der Waals surface area contributed by atoms with Gasteiger partial charge in [-0.05, 0) is 43.7 Å². The Morgan fingerprint density at radius 2 is 1.93 bits per heavy atom. The molecule has 1 fully saturated rings. The second-order valence-electron chi connectivity index (χ2n) is 6.82. The lowest BCUT2D eigenvalue weighted by Crippen LogP contribution is -2.37. The van der Waals surface area contributed by atoms with Gasteiger partial charge in [-0.15, -0.1) is 0 Å². The third-order valence-corrected chi connectivity index (χ3v) is 4.93. The smallest absolute Gasteiger partial charge is 0.223 e. The highest BCUT2D eigenvalue weighted by Crippen LogP contribution is 2.32. The minimum absolute atomic E-state index is 0.635. The monoisotopic (exact) mass is 379 g/mol. The van der Waals surface area contributed by atoms with Gasteiger partial charge in [0.25, 0.3) is 0 Å². The maximum absolute atomic E-state index is 5.51. The van der Waals surface area contributed by atoms with Crippen molar-refractivity contribution in [1.29, 1.82) is 0 Å². The quantitative estimate of drug-likeness (QED) is 0.632. The summed E-state index contributed by atoms with van der Waals surface area (Å²) < 4.78 is 10.9. The average Bonchev–Trinajstić information content (AvgIpc) is 3.18. The molecule has 0 radical (unpaired) electrons. The lowest BCUT2D eigenvalue weighted by atomic mass is 10.0. The number of anilines is 1. The van der Waals surface area contributed by atoms with Crippen LogP contribution in [0, 0.1) is 6.92 Å². The van der Waals surface area contributed by atoms with Crippen molar-refractivity contribution in [2.75, 3.05) is 44.7 Å². The third kappa shape index (κ3) is 4.37. The Bertz CT molecular complexity index is 891. The average molecular weight is 379 g/mol. The molecule has 1 aliphatic heterocycles. The van der Waals surface area contributed by atoms with Crippen molar-refractivity contribution < 1.29 is 9.15 Å². The molecule has 1 N–H and O–H groups in total. The summed E-state index contributed by atoms with van der Waals surface area (Å²) >= 11 is 0. The van der Waals surface area contributed by atoms with Gasteiger partial charge in [0.1, 0.15) is 5.76 Å². The first kappa shape index (κ1) is 18.6.